The van der Waals surface area contributed by atoms with Crippen LogP contribution in [0.25, 0.3) is 0 Å². The zero-order valence-corrected chi connectivity index (χ0v) is 14.4. The highest BCUT2D eigenvalue weighted by Crippen LogP contribution is 2.44. The summed E-state index contributed by atoms with van der Waals surface area (Å²) in [5, 5.41) is 13.9. The molecule has 128 valence electrons. The van der Waals surface area contributed by atoms with Crippen molar-refractivity contribution >= 4 is 17.5 Å². The summed E-state index contributed by atoms with van der Waals surface area (Å²) in [5.41, 5.74) is 0.479. The Morgan fingerprint density at radius 1 is 1.38 bits per heavy atom. The topological polar surface area (TPSA) is 62.5 Å². The molecule has 4 nitrogen and oxygen atoms in total. The predicted molar refractivity (Wildman–Crippen MR) is 92.9 cm³/mol. The molecule has 1 heterocycles. The molecule has 1 aromatic carbocycles. The number of carbonyl (C=O) groups is 1. The van der Waals surface area contributed by atoms with Gasteiger partial charge in [-0.25, -0.2) is 0 Å². The van der Waals surface area contributed by atoms with Gasteiger partial charge in [-0.1, -0.05) is 30.2 Å². The number of hydrogen-bond donors (Lipinski definition) is 2. The number of aliphatic hydroxyl groups excluding tert-OH is 1. The molecule has 1 fully saturated rings. The Balaban J connectivity index is 1.66. The molecule has 2 atom stereocenters. The minimum Gasteiger partial charge on any atom is -0.467 e. The number of carbonyl (C=O) groups excluding carboxylic acids is 1. The Morgan fingerprint density at radius 3 is 2.75 bits per heavy atom. The second-order valence-corrected chi connectivity index (χ2v) is 7.02. The summed E-state index contributed by atoms with van der Waals surface area (Å²) in [6, 6.07) is 10.9. The van der Waals surface area contributed by atoms with Gasteiger partial charge in [0, 0.05) is 17.5 Å². The van der Waals surface area contributed by atoms with E-state index in [4.69, 9.17) is 16.0 Å². The van der Waals surface area contributed by atoms with Crippen LogP contribution in [0.1, 0.15) is 50.0 Å². The van der Waals surface area contributed by atoms with Crippen LogP contribution in [0.4, 0.5) is 0 Å². The van der Waals surface area contributed by atoms with Gasteiger partial charge in [0.2, 0.25) is 5.91 Å². The average molecular weight is 348 g/mol. The van der Waals surface area contributed by atoms with E-state index >= 15 is 0 Å². The van der Waals surface area contributed by atoms with Crippen LogP contribution < -0.4 is 5.32 Å². The first-order chi connectivity index (χ1) is 11.5. The number of furan rings is 1. The van der Waals surface area contributed by atoms with E-state index in [1.54, 1.807) is 12.1 Å². The highest BCUT2D eigenvalue weighted by atomic mass is 35.5. The van der Waals surface area contributed by atoms with Crippen LogP contribution in [0.2, 0.25) is 5.02 Å². The molecule has 2 unspecified atom stereocenters. The van der Waals surface area contributed by atoms with Gasteiger partial charge in [-0.05, 0) is 49.6 Å². The molecule has 1 aliphatic rings. The molecule has 3 rings (SSSR count). The van der Waals surface area contributed by atoms with E-state index in [1.165, 1.54) is 6.26 Å². The smallest absolute Gasteiger partial charge is 0.230 e. The number of rotatable bonds is 6. The van der Waals surface area contributed by atoms with E-state index in [1.807, 2.05) is 31.2 Å². The molecule has 0 bridgehead atoms. The molecule has 0 saturated heterocycles. The lowest BCUT2D eigenvalue weighted by Crippen LogP contribution is -2.51. The molecule has 1 aliphatic carbocycles. The minimum atomic E-state index is -0.723. The third-order valence-corrected chi connectivity index (χ3v) is 5.08. The van der Waals surface area contributed by atoms with E-state index in [-0.39, 0.29) is 11.9 Å². The molecule has 1 saturated carbocycles. The summed E-state index contributed by atoms with van der Waals surface area (Å²) >= 11 is 6.09. The lowest BCUT2D eigenvalue weighted by atomic mass is 9.63. The maximum atomic E-state index is 12.9. The van der Waals surface area contributed by atoms with Gasteiger partial charge < -0.3 is 14.8 Å². The van der Waals surface area contributed by atoms with Crippen LogP contribution in [-0.2, 0) is 10.2 Å². The Morgan fingerprint density at radius 2 is 2.17 bits per heavy atom. The first kappa shape index (κ1) is 17.1. The molecule has 2 aromatic rings. The van der Waals surface area contributed by atoms with Crippen molar-refractivity contribution in [3.63, 3.8) is 0 Å². The standard InChI is InChI=1S/C19H22ClNO3/c1-13(11-16(22)17-7-3-10-24-17)21-18(23)19(8-4-9-19)14-5-2-6-15(20)12-14/h2-3,5-7,10,12-13,16,22H,4,8-9,11H2,1H3,(H,21,23). The van der Waals surface area contributed by atoms with Crippen LogP contribution in [0, 0.1) is 0 Å². The first-order valence-electron chi connectivity index (χ1n) is 8.30. The lowest BCUT2D eigenvalue weighted by molar-refractivity contribution is -0.130. The molecule has 1 amide bonds. The van der Waals surface area contributed by atoms with Crippen LogP contribution >= 0.6 is 11.6 Å². The van der Waals surface area contributed by atoms with Crippen molar-refractivity contribution in [2.75, 3.05) is 0 Å². The molecular weight excluding hydrogens is 326 g/mol. The second-order valence-electron chi connectivity index (χ2n) is 6.59. The van der Waals surface area contributed by atoms with Crippen molar-refractivity contribution in [2.45, 2.75) is 50.2 Å². The average Bonchev–Trinajstić information content (AvgIpc) is 3.00. The summed E-state index contributed by atoms with van der Waals surface area (Å²) < 4.78 is 5.21. The van der Waals surface area contributed by atoms with Crippen molar-refractivity contribution in [2.24, 2.45) is 0 Å². The van der Waals surface area contributed by atoms with Gasteiger partial charge in [0.25, 0.3) is 0 Å². The second kappa shape index (κ2) is 6.99. The van der Waals surface area contributed by atoms with Gasteiger partial charge in [-0.3, -0.25) is 4.79 Å². The lowest BCUT2D eigenvalue weighted by Gasteiger charge is -2.41. The summed E-state index contributed by atoms with van der Waals surface area (Å²) in [5.74, 6) is 0.527. The molecular formula is C19H22ClNO3. The maximum Gasteiger partial charge on any atom is 0.230 e. The van der Waals surface area contributed by atoms with Gasteiger partial charge in [0.05, 0.1) is 11.7 Å². The fourth-order valence-corrected chi connectivity index (χ4v) is 3.51. The zero-order chi connectivity index (χ0) is 17.2. The van der Waals surface area contributed by atoms with E-state index in [0.29, 0.717) is 17.2 Å². The van der Waals surface area contributed by atoms with Crippen LogP contribution in [0.3, 0.4) is 0 Å². The third kappa shape index (κ3) is 3.35. The highest BCUT2D eigenvalue weighted by molar-refractivity contribution is 6.30. The summed E-state index contributed by atoms with van der Waals surface area (Å²) in [6.07, 6.45) is 3.90. The van der Waals surface area contributed by atoms with E-state index < -0.39 is 11.5 Å². The summed E-state index contributed by atoms with van der Waals surface area (Å²) in [4.78, 5) is 12.9. The number of benzene rings is 1. The molecule has 0 spiro atoms. The van der Waals surface area contributed by atoms with E-state index in [2.05, 4.69) is 5.32 Å². The Kier molecular flexibility index (Phi) is 4.97. The maximum absolute atomic E-state index is 12.9. The van der Waals surface area contributed by atoms with Crippen LogP contribution in [-0.4, -0.2) is 17.1 Å². The first-order valence-corrected chi connectivity index (χ1v) is 8.67. The minimum absolute atomic E-state index is 0.00941. The van der Waals surface area contributed by atoms with E-state index in [0.717, 1.165) is 24.8 Å². The SMILES string of the molecule is CC(CC(O)c1ccco1)NC(=O)C1(c2cccc(Cl)c2)CCC1. The van der Waals surface area contributed by atoms with Crippen molar-refractivity contribution in [1.82, 2.24) is 5.32 Å². The number of amides is 1. The number of nitrogens with one attached hydrogen (secondary N) is 1. The van der Waals surface area contributed by atoms with Gasteiger partial charge in [0.15, 0.2) is 0 Å². The van der Waals surface area contributed by atoms with Crippen LogP contribution in [0.5, 0.6) is 0 Å². The molecule has 1 aromatic heterocycles. The highest BCUT2D eigenvalue weighted by Gasteiger charge is 2.46. The molecule has 5 heteroatoms. The Bertz CT molecular complexity index is 694. The normalized spacial score (nSPS) is 18.5. The summed E-state index contributed by atoms with van der Waals surface area (Å²) in [7, 11) is 0. The zero-order valence-electron chi connectivity index (χ0n) is 13.7. The quantitative estimate of drug-likeness (QED) is 0.830. The predicted octanol–water partition coefficient (Wildman–Crippen LogP) is 3.98. The molecule has 24 heavy (non-hydrogen) atoms. The molecule has 0 radical (unpaired) electrons. The number of halogens is 1. The van der Waals surface area contributed by atoms with E-state index in [9.17, 15) is 9.90 Å². The van der Waals surface area contributed by atoms with Crippen molar-refractivity contribution in [1.29, 1.82) is 0 Å². The monoisotopic (exact) mass is 347 g/mol. The number of hydrogen-bond acceptors (Lipinski definition) is 3. The number of aliphatic hydroxyl groups is 1. The third-order valence-electron chi connectivity index (χ3n) is 4.84. The van der Waals surface area contributed by atoms with Gasteiger partial charge in [-0.2, -0.15) is 0 Å². The van der Waals surface area contributed by atoms with Crippen molar-refractivity contribution < 1.29 is 14.3 Å². The van der Waals surface area contributed by atoms with Gasteiger partial charge >= 0.3 is 0 Å². The van der Waals surface area contributed by atoms with Crippen molar-refractivity contribution in [3.05, 3.63) is 59.0 Å². The van der Waals surface area contributed by atoms with Crippen LogP contribution in [0.15, 0.2) is 47.1 Å². The fraction of sp³-hybridized carbons (Fsp3) is 0.421. The van der Waals surface area contributed by atoms with Gasteiger partial charge in [0.1, 0.15) is 11.9 Å². The summed E-state index contributed by atoms with van der Waals surface area (Å²) in [6.45, 7) is 1.90. The Labute approximate surface area is 146 Å². The van der Waals surface area contributed by atoms with Gasteiger partial charge in [-0.15, -0.1) is 0 Å². The largest absolute Gasteiger partial charge is 0.467 e. The Hall–Kier alpha value is -1.78. The molecule has 0 aliphatic heterocycles. The molecule has 2 N–H and O–H groups in total. The van der Waals surface area contributed by atoms with Crippen molar-refractivity contribution in [3.8, 4) is 0 Å². The fourth-order valence-electron chi connectivity index (χ4n) is 3.32.